The number of benzene rings is 1. The summed E-state index contributed by atoms with van der Waals surface area (Å²) in [6.45, 7) is 3.01. The van der Waals surface area contributed by atoms with Gasteiger partial charge in [-0.2, -0.15) is 4.98 Å². The van der Waals surface area contributed by atoms with Crippen molar-refractivity contribution in [3.8, 4) is 0 Å². The molecule has 0 aliphatic carbocycles. The second-order valence-electron chi connectivity index (χ2n) is 7.24. The van der Waals surface area contributed by atoms with Crippen molar-refractivity contribution in [3.63, 3.8) is 0 Å². The highest BCUT2D eigenvalue weighted by Gasteiger charge is 2.35. The number of hydrogen-bond acceptors (Lipinski definition) is 5. The number of amides is 2. The van der Waals surface area contributed by atoms with Crippen LogP contribution in [0.2, 0.25) is 0 Å². The number of piperidine rings is 1. The fourth-order valence-electron chi connectivity index (χ4n) is 3.90. The van der Waals surface area contributed by atoms with Crippen LogP contribution in [0.4, 0.5) is 10.1 Å². The van der Waals surface area contributed by atoms with Crippen molar-refractivity contribution in [2.75, 3.05) is 18.4 Å². The number of nitrogens with zero attached hydrogens (tertiary/aromatic N) is 3. The predicted molar refractivity (Wildman–Crippen MR) is 94.4 cm³/mol. The summed E-state index contributed by atoms with van der Waals surface area (Å²) in [5.74, 6) is 0.284. The van der Waals surface area contributed by atoms with E-state index >= 15 is 0 Å². The largest absolute Gasteiger partial charge is 0.342 e. The molecule has 0 unspecified atom stereocenters. The highest BCUT2D eigenvalue weighted by Crippen LogP contribution is 2.35. The van der Waals surface area contributed by atoms with E-state index in [1.165, 1.54) is 18.2 Å². The van der Waals surface area contributed by atoms with Crippen LogP contribution in [0.5, 0.6) is 0 Å². The van der Waals surface area contributed by atoms with Crippen LogP contribution in [0.1, 0.15) is 42.5 Å². The summed E-state index contributed by atoms with van der Waals surface area (Å²) in [6, 6.07) is 4.15. The molecule has 4 rings (SSSR count). The molecular weight excluding hydrogens is 351 g/mol. The Labute approximate surface area is 155 Å². The first-order valence-corrected chi connectivity index (χ1v) is 9.17. The SMILES string of the molecule is Cc1noc(CC2CCN(C(=O)[C@@H]3CC(=O)Nc4ccc(F)cc43)CC2)n1. The van der Waals surface area contributed by atoms with Gasteiger partial charge in [0.25, 0.3) is 0 Å². The van der Waals surface area contributed by atoms with Gasteiger partial charge in [0.2, 0.25) is 17.7 Å². The van der Waals surface area contributed by atoms with Gasteiger partial charge >= 0.3 is 0 Å². The lowest BCUT2D eigenvalue weighted by Crippen LogP contribution is -2.43. The van der Waals surface area contributed by atoms with Crippen LogP contribution >= 0.6 is 0 Å². The van der Waals surface area contributed by atoms with E-state index in [1.807, 2.05) is 0 Å². The smallest absolute Gasteiger partial charge is 0.230 e. The minimum absolute atomic E-state index is 0.0521. The molecule has 1 N–H and O–H groups in total. The molecule has 1 fully saturated rings. The molecule has 2 amide bonds. The van der Waals surface area contributed by atoms with E-state index in [0.717, 1.165) is 12.8 Å². The number of aryl methyl sites for hydroxylation is 1. The average Bonchev–Trinajstić information content (AvgIpc) is 3.06. The van der Waals surface area contributed by atoms with E-state index in [4.69, 9.17) is 4.52 Å². The van der Waals surface area contributed by atoms with Gasteiger partial charge in [0.15, 0.2) is 5.82 Å². The highest BCUT2D eigenvalue weighted by atomic mass is 19.1. The van der Waals surface area contributed by atoms with Crippen molar-refractivity contribution in [1.29, 1.82) is 0 Å². The van der Waals surface area contributed by atoms with Crippen molar-refractivity contribution >= 4 is 17.5 Å². The molecule has 3 heterocycles. The molecule has 1 atom stereocenters. The molecule has 7 nitrogen and oxygen atoms in total. The Morgan fingerprint density at radius 1 is 1.37 bits per heavy atom. The third-order valence-corrected chi connectivity index (χ3v) is 5.31. The van der Waals surface area contributed by atoms with E-state index in [-0.39, 0.29) is 18.2 Å². The first-order valence-electron chi connectivity index (χ1n) is 9.17. The van der Waals surface area contributed by atoms with Gasteiger partial charge in [0.1, 0.15) is 5.82 Å². The van der Waals surface area contributed by atoms with Gasteiger partial charge in [0.05, 0.1) is 5.92 Å². The van der Waals surface area contributed by atoms with Crippen molar-refractivity contribution in [2.24, 2.45) is 5.92 Å². The molecule has 0 bridgehead atoms. The fraction of sp³-hybridized carbons (Fsp3) is 0.474. The quantitative estimate of drug-likeness (QED) is 0.894. The van der Waals surface area contributed by atoms with Crippen molar-refractivity contribution < 1.29 is 18.5 Å². The number of fused-ring (bicyclic) bond motifs is 1. The molecule has 1 saturated heterocycles. The first-order chi connectivity index (χ1) is 13.0. The predicted octanol–water partition coefficient (Wildman–Crippen LogP) is 2.42. The fourth-order valence-corrected chi connectivity index (χ4v) is 3.90. The number of aromatic nitrogens is 2. The Bertz CT molecular complexity index is 874. The van der Waals surface area contributed by atoms with Crippen LogP contribution in [0.25, 0.3) is 0 Å². The second kappa shape index (κ2) is 7.09. The zero-order chi connectivity index (χ0) is 19.0. The summed E-state index contributed by atoms with van der Waals surface area (Å²) in [5.41, 5.74) is 1.08. The third-order valence-electron chi connectivity index (χ3n) is 5.31. The number of carbonyl (C=O) groups excluding carboxylic acids is 2. The number of anilines is 1. The summed E-state index contributed by atoms with van der Waals surface area (Å²) in [5, 5.41) is 6.51. The number of rotatable bonds is 3. The standard InChI is InChI=1S/C19H21FN4O3/c1-11-21-18(27-23-11)8-12-4-6-24(7-5-12)19(26)15-10-17(25)22-16-3-2-13(20)9-14(15)16/h2-3,9,12,15H,4-8,10H2,1H3,(H,22,25)/t15-/m1/s1. The molecule has 0 saturated carbocycles. The van der Waals surface area contributed by atoms with Gasteiger partial charge in [-0.15, -0.1) is 0 Å². The van der Waals surface area contributed by atoms with E-state index in [1.54, 1.807) is 11.8 Å². The maximum absolute atomic E-state index is 13.7. The molecule has 2 aromatic rings. The summed E-state index contributed by atoms with van der Waals surface area (Å²) < 4.78 is 18.9. The second-order valence-corrected chi connectivity index (χ2v) is 7.24. The van der Waals surface area contributed by atoms with Gasteiger partial charge in [-0.3, -0.25) is 9.59 Å². The van der Waals surface area contributed by atoms with E-state index < -0.39 is 11.7 Å². The highest BCUT2D eigenvalue weighted by molar-refractivity contribution is 6.01. The minimum atomic E-state index is -0.625. The molecule has 0 radical (unpaired) electrons. The maximum atomic E-state index is 13.7. The van der Waals surface area contributed by atoms with Crippen LogP contribution in [0, 0.1) is 18.7 Å². The number of carbonyl (C=O) groups is 2. The molecule has 8 heteroatoms. The number of nitrogens with one attached hydrogen (secondary N) is 1. The summed E-state index contributed by atoms with van der Waals surface area (Å²) in [7, 11) is 0. The Hall–Kier alpha value is -2.77. The van der Waals surface area contributed by atoms with Crippen molar-refractivity contribution in [1.82, 2.24) is 15.0 Å². The van der Waals surface area contributed by atoms with Gasteiger partial charge in [-0.05, 0) is 49.4 Å². The number of hydrogen-bond donors (Lipinski definition) is 1. The zero-order valence-corrected chi connectivity index (χ0v) is 15.1. The molecular formula is C19H21FN4O3. The van der Waals surface area contributed by atoms with Gasteiger partial charge in [0, 0.05) is 31.6 Å². The van der Waals surface area contributed by atoms with Gasteiger partial charge in [-0.1, -0.05) is 5.16 Å². The lowest BCUT2D eigenvalue weighted by Gasteiger charge is -2.35. The monoisotopic (exact) mass is 372 g/mol. The molecule has 142 valence electrons. The lowest BCUT2D eigenvalue weighted by molar-refractivity contribution is -0.136. The lowest BCUT2D eigenvalue weighted by atomic mass is 9.87. The number of likely N-dealkylation sites (tertiary alicyclic amines) is 1. The van der Waals surface area contributed by atoms with Gasteiger partial charge in [-0.25, -0.2) is 4.39 Å². The maximum Gasteiger partial charge on any atom is 0.230 e. The molecule has 27 heavy (non-hydrogen) atoms. The summed E-state index contributed by atoms with van der Waals surface area (Å²) in [4.78, 5) is 31.0. The van der Waals surface area contributed by atoms with E-state index in [9.17, 15) is 14.0 Å². The molecule has 2 aliphatic rings. The Kier molecular flexibility index (Phi) is 4.63. The van der Waals surface area contributed by atoms with Crippen LogP contribution < -0.4 is 5.32 Å². The Balaban J connectivity index is 1.42. The van der Waals surface area contributed by atoms with Crippen LogP contribution in [0.15, 0.2) is 22.7 Å². The van der Waals surface area contributed by atoms with Crippen molar-refractivity contribution in [3.05, 3.63) is 41.3 Å². The first kappa shape index (κ1) is 17.6. The summed E-state index contributed by atoms with van der Waals surface area (Å²) >= 11 is 0. The molecule has 0 spiro atoms. The molecule has 1 aromatic carbocycles. The van der Waals surface area contributed by atoms with E-state index in [2.05, 4.69) is 15.5 Å². The van der Waals surface area contributed by atoms with Crippen LogP contribution in [-0.2, 0) is 16.0 Å². The van der Waals surface area contributed by atoms with Crippen LogP contribution in [0.3, 0.4) is 0 Å². The summed E-state index contributed by atoms with van der Waals surface area (Å²) in [6.07, 6.45) is 2.43. The third kappa shape index (κ3) is 3.70. The van der Waals surface area contributed by atoms with E-state index in [0.29, 0.717) is 48.4 Å². The molecule has 2 aliphatic heterocycles. The molecule has 1 aromatic heterocycles. The van der Waals surface area contributed by atoms with Gasteiger partial charge < -0.3 is 14.7 Å². The van der Waals surface area contributed by atoms with Crippen LogP contribution in [-0.4, -0.2) is 39.9 Å². The topological polar surface area (TPSA) is 88.3 Å². The zero-order valence-electron chi connectivity index (χ0n) is 15.1. The normalized spacial score (nSPS) is 20.3. The Morgan fingerprint density at radius 2 is 2.15 bits per heavy atom. The number of halogens is 1. The Morgan fingerprint density at radius 3 is 2.85 bits per heavy atom. The minimum Gasteiger partial charge on any atom is -0.342 e. The van der Waals surface area contributed by atoms with Crippen molar-refractivity contribution in [2.45, 2.75) is 38.5 Å². The average molecular weight is 372 g/mol.